The van der Waals surface area contributed by atoms with Crippen molar-refractivity contribution in [3.05, 3.63) is 54.0 Å². The fraction of sp³-hybridized carbons (Fsp3) is 0.214. The maximum Gasteiger partial charge on any atom is 0.244 e. The number of hydrogen-bond acceptors (Lipinski definition) is 4. The van der Waals surface area contributed by atoms with Gasteiger partial charge in [0.1, 0.15) is 16.5 Å². The lowest BCUT2D eigenvalue weighted by molar-refractivity contribution is 0.520. The first kappa shape index (κ1) is 15.4. The molecule has 112 valence electrons. The van der Waals surface area contributed by atoms with Gasteiger partial charge < -0.3 is 5.32 Å². The third-order valence-corrected chi connectivity index (χ3v) is 4.68. The molecule has 0 amide bonds. The molecule has 0 unspecified atom stereocenters. The van der Waals surface area contributed by atoms with Crippen LogP contribution in [0.15, 0.2) is 47.5 Å². The second kappa shape index (κ2) is 6.19. The minimum absolute atomic E-state index is 0.129. The van der Waals surface area contributed by atoms with E-state index in [1.54, 1.807) is 18.2 Å². The maximum absolute atomic E-state index is 13.0. The van der Waals surface area contributed by atoms with E-state index in [0.29, 0.717) is 12.4 Å². The number of nitrogens with zero attached hydrogens (tertiary/aromatic N) is 2. The molecule has 0 radical (unpaired) electrons. The second-order valence-corrected chi connectivity index (χ2v) is 6.80. The molecule has 0 saturated heterocycles. The molecular weight excluding hydrogens is 293 g/mol. The van der Waals surface area contributed by atoms with E-state index in [1.165, 1.54) is 38.5 Å². The monoisotopic (exact) mass is 309 g/mol. The van der Waals surface area contributed by atoms with E-state index < -0.39 is 10.0 Å². The number of benzene rings is 1. The summed E-state index contributed by atoms with van der Waals surface area (Å²) < 4.78 is 37.9. The van der Waals surface area contributed by atoms with Crippen molar-refractivity contribution < 1.29 is 12.8 Å². The fourth-order valence-electron chi connectivity index (χ4n) is 1.69. The van der Waals surface area contributed by atoms with Gasteiger partial charge in [0.25, 0.3) is 0 Å². The van der Waals surface area contributed by atoms with Crippen LogP contribution in [0.3, 0.4) is 0 Å². The summed E-state index contributed by atoms with van der Waals surface area (Å²) in [5, 5.41) is 3.01. The van der Waals surface area contributed by atoms with Gasteiger partial charge >= 0.3 is 0 Å². The van der Waals surface area contributed by atoms with Gasteiger partial charge in [-0.3, -0.25) is 0 Å². The minimum Gasteiger partial charge on any atom is -0.366 e. The van der Waals surface area contributed by atoms with Crippen molar-refractivity contribution >= 4 is 15.8 Å². The van der Waals surface area contributed by atoms with Gasteiger partial charge in [0.15, 0.2) is 0 Å². The van der Waals surface area contributed by atoms with Gasteiger partial charge in [0.2, 0.25) is 10.0 Å². The Morgan fingerprint density at radius 1 is 1.24 bits per heavy atom. The number of rotatable bonds is 5. The third-order valence-electron chi connectivity index (χ3n) is 2.88. The summed E-state index contributed by atoms with van der Waals surface area (Å²) in [7, 11) is -0.545. The van der Waals surface area contributed by atoms with E-state index in [-0.39, 0.29) is 10.7 Å². The molecule has 0 saturated carbocycles. The largest absolute Gasteiger partial charge is 0.366 e. The van der Waals surface area contributed by atoms with Crippen LogP contribution in [-0.2, 0) is 16.6 Å². The zero-order chi connectivity index (χ0) is 15.5. The lowest BCUT2D eigenvalue weighted by Gasteiger charge is -2.11. The molecule has 1 N–H and O–H groups in total. The third kappa shape index (κ3) is 3.77. The van der Waals surface area contributed by atoms with Gasteiger partial charge in [0.05, 0.1) is 0 Å². The molecule has 0 aliphatic heterocycles. The summed E-state index contributed by atoms with van der Waals surface area (Å²) in [5.74, 6) is 0.228. The molecule has 2 rings (SSSR count). The van der Waals surface area contributed by atoms with Crippen molar-refractivity contribution in [1.29, 1.82) is 0 Å². The molecular formula is C14H16FN3O2S. The molecule has 1 heterocycles. The van der Waals surface area contributed by atoms with E-state index in [1.807, 2.05) is 0 Å². The van der Waals surface area contributed by atoms with Crippen LogP contribution < -0.4 is 5.32 Å². The Morgan fingerprint density at radius 3 is 2.57 bits per heavy atom. The molecule has 0 aliphatic carbocycles. The van der Waals surface area contributed by atoms with Gasteiger partial charge in [-0.15, -0.1) is 0 Å². The lowest BCUT2D eigenvalue weighted by Crippen LogP contribution is -2.22. The van der Waals surface area contributed by atoms with Crippen LogP contribution in [-0.4, -0.2) is 31.8 Å². The summed E-state index contributed by atoms with van der Waals surface area (Å²) in [6.45, 7) is 0.407. The smallest absolute Gasteiger partial charge is 0.244 e. The van der Waals surface area contributed by atoms with Crippen LogP contribution in [0.5, 0.6) is 0 Å². The number of pyridine rings is 1. The molecule has 2 aromatic rings. The van der Waals surface area contributed by atoms with E-state index in [2.05, 4.69) is 10.3 Å². The Kier molecular flexibility index (Phi) is 4.54. The van der Waals surface area contributed by atoms with E-state index >= 15 is 0 Å². The second-order valence-electron chi connectivity index (χ2n) is 4.65. The zero-order valence-electron chi connectivity index (χ0n) is 11.7. The SMILES string of the molecule is CN(C)S(=O)(=O)c1ccc(NCc2cccc(F)c2)nc1. The minimum atomic E-state index is -3.47. The van der Waals surface area contributed by atoms with Gasteiger partial charge in [-0.2, -0.15) is 0 Å². The summed E-state index contributed by atoms with van der Waals surface area (Å²) in [5.41, 5.74) is 0.779. The highest BCUT2D eigenvalue weighted by Crippen LogP contribution is 2.14. The molecule has 5 nitrogen and oxygen atoms in total. The van der Waals surface area contributed by atoms with E-state index in [4.69, 9.17) is 0 Å². The Morgan fingerprint density at radius 2 is 2.00 bits per heavy atom. The molecule has 0 spiro atoms. The molecule has 0 bridgehead atoms. The van der Waals surface area contributed by atoms with E-state index in [9.17, 15) is 12.8 Å². The molecule has 1 aromatic carbocycles. The Hall–Kier alpha value is -1.99. The van der Waals surface area contributed by atoms with Crippen molar-refractivity contribution in [2.75, 3.05) is 19.4 Å². The molecule has 0 aliphatic rings. The van der Waals surface area contributed by atoms with Crippen LogP contribution in [0.2, 0.25) is 0 Å². The number of hydrogen-bond donors (Lipinski definition) is 1. The van der Waals surface area contributed by atoms with Crippen molar-refractivity contribution in [2.24, 2.45) is 0 Å². The number of aromatic nitrogens is 1. The number of halogens is 1. The highest BCUT2D eigenvalue weighted by atomic mass is 32.2. The molecule has 7 heteroatoms. The molecule has 21 heavy (non-hydrogen) atoms. The standard InChI is InChI=1S/C14H16FN3O2S/c1-18(2)21(19,20)13-6-7-14(17-10-13)16-9-11-4-3-5-12(15)8-11/h3-8,10H,9H2,1-2H3,(H,16,17). The van der Waals surface area contributed by atoms with Crippen molar-refractivity contribution in [3.63, 3.8) is 0 Å². The lowest BCUT2D eigenvalue weighted by atomic mass is 10.2. The fourth-order valence-corrected chi connectivity index (χ4v) is 2.54. The predicted molar refractivity (Wildman–Crippen MR) is 78.8 cm³/mol. The van der Waals surface area contributed by atoms with Crippen molar-refractivity contribution in [1.82, 2.24) is 9.29 Å². The first-order valence-corrected chi connectivity index (χ1v) is 7.70. The summed E-state index contributed by atoms with van der Waals surface area (Å²) in [6.07, 6.45) is 1.29. The first-order valence-electron chi connectivity index (χ1n) is 6.26. The van der Waals surface area contributed by atoms with Gasteiger partial charge in [-0.1, -0.05) is 12.1 Å². The number of nitrogens with one attached hydrogen (secondary N) is 1. The Balaban J connectivity index is 2.07. The average molecular weight is 309 g/mol. The van der Waals surface area contributed by atoms with Crippen molar-refractivity contribution in [3.8, 4) is 0 Å². The number of sulfonamides is 1. The quantitative estimate of drug-likeness (QED) is 0.918. The molecule has 1 aromatic heterocycles. The molecule has 0 fully saturated rings. The van der Waals surface area contributed by atoms with Crippen LogP contribution in [0.4, 0.5) is 10.2 Å². The Labute approximate surface area is 123 Å². The summed E-state index contributed by atoms with van der Waals surface area (Å²) in [4.78, 5) is 4.18. The van der Waals surface area contributed by atoms with E-state index in [0.717, 1.165) is 9.87 Å². The highest BCUT2D eigenvalue weighted by Gasteiger charge is 2.17. The molecule has 0 atom stereocenters. The van der Waals surface area contributed by atoms with Crippen LogP contribution in [0.25, 0.3) is 0 Å². The van der Waals surface area contributed by atoms with Crippen LogP contribution in [0, 0.1) is 5.82 Å². The Bertz CT molecular complexity index is 715. The predicted octanol–water partition coefficient (Wildman–Crippen LogP) is 2.08. The summed E-state index contributed by atoms with van der Waals surface area (Å²) in [6, 6.07) is 9.29. The number of anilines is 1. The maximum atomic E-state index is 13.0. The van der Waals surface area contributed by atoms with Gasteiger partial charge in [-0.05, 0) is 29.8 Å². The normalized spacial score (nSPS) is 11.6. The zero-order valence-corrected chi connectivity index (χ0v) is 12.6. The van der Waals surface area contributed by atoms with Crippen molar-refractivity contribution in [2.45, 2.75) is 11.4 Å². The first-order chi connectivity index (χ1) is 9.89. The van der Waals surface area contributed by atoms with Crippen LogP contribution >= 0.6 is 0 Å². The van der Waals surface area contributed by atoms with Gasteiger partial charge in [0, 0.05) is 26.8 Å². The highest BCUT2D eigenvalue weighted by molar-refractivity contribution is 7.89. The van der Waals surface area contributed by atoms with Gasteiger partial charge in [-0.25, -0.2) is 22.1 Å². The topological polar surface area (TPSA) is 62.3 Å². The summed E-state index contributed by atoms with van der Waals surface area (Å²) >= 11 is 0. The van der Waals surface area contributed by atoms with Crippen LogP contribution in [0.1, 0.15) is 5.56 Å². The average Bonchev–Trinajstić information content (AvgIpc) is 2.45.